The van der Waals surface area contributed by atoms with Gasteiger partial charge in [-0.25, -0.2) is 4.39 Å². The predicted molar refractivity (Wildman–Crippen MR) is 112 cm³/mol. The number of hydrogen-bond donors (Lipinski definition) is 2. The summed E-state index contributed by atoms with van der Waals surface area (Å²) in [5.74, 6) is -3.32. The van der Waals surface area contributed by atoms with Gasteiger partial charge in [0.1, 0.15) is 5.82 Å². The number of aromatic nitrogens is 2. The van der Waals surface area contributed by atoms with Crippen LogP contribution < -0.4 is 10.6 Å². The molecule has 0 bridgehead atoms. The fourth-order valence-electron chi connectivity index (χ4n) is 2.15. The summed E-state index contributed by atoms with van der Waals surface area (Å²) in [5, 5.41) is 13.6. The molecule has 0 aliphatic rings. The lowest BCUT2D eigenvalue weighted by atomic mass is 10.3. The van der Waals surface area contributed by atoms with E-state index in [0.717, 1.165) is 0 Å². The largest absolute Gasteiger partial charge is 0.330 e. The summed E-state index contributed by atoms with van der Waals surface area (Å²) in [6, 6.07) is 12.5. The number of carbonyl (C=O) groups is 1. The van der Waals surface area contributed by atoms with Crippen LogP contribution in [0.3, 0.4) is 0 Å². The fraction of sp³-hybridized carbons (Fsp3) is 0.167. The Morgan fingerprint density at radius 3 is 2.48 bits per heavy atom. The fourth-order valence-corrected chi connectivity index (χ4v) is 4.57. The highest BCUT2D eigenvalue weighted by Crippen LogP contribution is 2.32. The number of nitrogens with one attached hydrogen (secondary N) is 2. The summed E-state index contributed by atoms with van der Waals surface area (Å²) in [6.07, 6.45) is 0. The normalized spacial score (nSPS) is 12.0. The molecular formula is C18H15F3N4OS3. The minimum absolute atomic E-state index is 0.123. The summed E-state index contributed by atoms with van der Waals surface area (Å²) in [4.78, 5) is 12.7. The molecule has 0 radical (unpaired) electrons. The Balaban J connectivity index is 1.55. The van der Waals surface area contributed by atoms with Crippen LogP contribution in [-0.4, -0.2) is 27.1 Å². The molecule has 0 spiro atoms. The zero-order chi connectivity index (χ0) is 20.8. The van der Waals surface area contributed by atoms with E-state index >= 15 is 0 Å². The van der Waals surface area contributed by atoms with Crippen LogP contribution in [0.15, 0.2) is 57.8 Å². The highest BCUT2D eigenvalue weighted by atomic mass is 32.2. The second-order valence-corrected chi connectivity index (χ2v) is 9.26. The van der Waals surface area contributed by atoms with Gasteiger partial charge in [-0.3, -0.25) is 4.79 Å². The maximum absolute atomic E-state index is 13.6. The lowest BCUT2D eigenvalue weighted by Gasteiger charge is -2.10. The summed E-state index contributed by atoms with van der Waals surface area (Å²) in [6.45, 7) is 1.69. The van der Waals surface area contributed by atoms with Crippen molar-refractivity contribution in [3.63, 3.8) is 0 Å². The van der Waals surface area contributed by atoms with Crippen LogP contribution in [0.1, 0.15) is 6.92 Å². The van der Waals surface area contributed by atoms with Crippen LogP contribution in [0.4, 0.5) is 29.7 Å². The quantitative estimate of drug-likeness (QED) is 0.414. The van der Waals surface area contributed by atoms with Crippen LogP contribution >= 0.6 is 34.9 Å². The summed E-state index contributed by atoms with van der Waals surface area (Å²) in [7, 11) is 0. The molecule has 152 valence electrons. The van der Waals surface area contributed by atoms with Crippen molar-refractivity contribution in [2.24, 2.45) is 0 Å². The molecule has 0 saturated heterocycles. The van der Waals surface area contributed by atoms with Gasteiger partial charge in [0.05, 0.1) is 10.9 Å². The Labute approximate surface area is 177 Å². The Bertz CT molecular complexity index is 969. The van der Waals surface area contributed by atoms with Crippen molar-refractivity contribution in [3.05, 3.63) is 54.3 Å². The molecule has 1 unspecified atom stereocenters. The number of hydrogen-bond acceptors (Lipinski definition) is 7. The van der Waals surface area contributed by atoms with Gasteiger partial charge in [-0.1, -0.05) is 47.0 Å². The first kappa shape index (κ1) is 21.5. The Kier molecular flexibility index (Phi) is 7.40. The van der Waals surface area contributed by atoms with Crippen molar-refractivity contribution in [3.8, 4) is 0 Å². The van der Waals surface area contributed by atoms with E-state index < -0.39 is 16.8 Å². The van der Waals surface area contributed by atoms with Crippen LogP contribution in [0.2, 0.25) is 0 Å². The number of thioether (sulfide) groups is 2. The number of carbonyl (C=O) groups excluding carboxylic acids is 1. The van der Waals surface area contributed by atoms with E-state index in [1.807, 2.05) is 0 Å². The molecule has 29 heavy (non-hydrogen) atoms. The summed E-state index contributed by atoms with van der Waals surface area (Å²) in [5.41, 5.74) is 0.805. The van der Waals surface area contributed by atoms with Gasteiger partial charge in [0.25, 0.3) is 5.76 Å². The first-order valence-electron chi connectivity index (χ1n) is 8.28. The Hall–Kier alpha value is -2.24. The molecule has 0 aliphatic heterocycles. The van der Waals surface area contributed by atoms with Crippen molar-refractivity contribution >= 4 is 57.3 Å². The maximum Gasteiger partial charge on any atom is 0.288 e. The topological polar surface area (TPSA) is 66.9 Å². The van der Waals surface area contributed by atoms with E-state index in [4.69, 9.17) is 0 Å². The Morgan fingerprint density at radius 1 is 1.07 bits per heavy atom. The molecule has 1 aromatic heterocycles. The van der Waals surface area contributed by atoms with Crippen molar-refractivity contribution in [2.45, 2.75) is 27.2 Å². The van der Waals surface area contributed by atoms with Crippen LogP contribution in [0.5, 0.6) is 0 Å². The third kappa shape index (κ3) is 6.38. The lowest BCUT2D eigenvalue weighted by Crippen LogP contribution is -2.22. The monoisotopic (exact) mass is 456 g/mol. The zero-order valence-electron chi connectivity index (χ0n) is 14.9. The molecular weight excluding hydrogens is 441 g/mol. The summed E-state index contributed by atoms with van der Waals surface area (Å²) >= 11 is 2.93. The maximum atomic E-state index is 13.6. The average Bonchev–Trinajstić information content (AvgIpc) is 3.11. The van der Waals surface area contributed by atoms with Crippen molar-refractivity contribution in [2.75, 3.05) is 10.6 Å². The summed E-state index contributed by atoms with van der Waals surface area (Å²) < 4.78 is 38.9. The van der Waals surface area contributed by atoms with E-state index in [-0.39, 0.29) is 11.6 Å². The van der Waals surface area contributed by atoms with Gasteiger partial charge < -0.3 is 10.6 Å². The SMILES string of the molecule is CC(Sc1nnc(Nc2ccc(SC(F)F)cc2)s1)C(=O)Nc1ccccc1F. The van der Waals surface area contributed by atoms with Crippen LogP contribution in [-0.2, 0) is 4.79 Å². The molecule has 1 heterocycles. The third-order valence-electron chi connectivity index (χ3n) is 3.52. The van der Waals surface area contributed by atoms with E-state index in [9.17, 15) is 18.0 Å². The molecule has 0 aliphatic carbocycles. The van der Waals surface area contributed by atoms with Crippen LogP contribution in [0.25, 0.3) is 0 Å². The van der Waals surface area contributed by atoms with Gasteiger partial charge in [-0.05, 0) is 43.3 Å². The number of amides is 1. The molecule has 11 heteroatoms. The number of para-hydroxylation sites is 1. The number of anilines is 3. The Morgan fingerprint density at radius 2 is 1.79 bits per heavy atom. The molecule has 2 aromatic carbocycles. The van der Waals surface area contributed by atoms with Crippen molar-refractivity contribution in [1.82, 2.24) is 10.2 Å². The third-order valence-corrected chi connectivity index (χ3v) is 6.26. The van der Waals surface area contributed by atoms with E-state index in [1.54, 1.807) is 43.3 Å². The van der Waals surface area contributed by atoms with E-state index in [0.29, 0.717) is 31.8 Å². The molecule has 5 nitrogen and oxygen atoms in total. The first-order valence-corrected chi connectivity index (χ1v) is 10.9. The van der Waals surface area contributed by atoms with Crippen molar-refractivity contribution in [1.29, 1.82) is 0 Å². The number of rotatable bonds is 8. The van der Waals surface area contributed by atoms with Crippen LogP contribution in [0, 0.1) is 5.82 Å². The molecule has 2 N–H and O–H groups in total. The standard InChI is InChI=1S/C18H15F3N4OS3/c1-10(15(26)23-14-5-3-2-4-13(14)19)27-18-25-24-17(29-18)22-11-6-8-12(9-7-11)28-16(20)21/h2-10,16H,1H3,(H,22,24)(H,23,26). The second-order valence-electron chi connectivity index (χ2n) is 5.63. The van der Waals surface area contributed by atoms with Gasteiger partial charge in [0.15, 0.2) is 4.34 Å². The molecule has 3 rings (SSSR count). The molecule has 0 saturated carbocycles. The molecule has 0 fully saturated rings. The lowest BCUT2D eigenvalue weighted by molar-refractivity contribution is -0.115. The number of benzene rings is 2. The van der Waals surface area contributed by atoms with E-state index in [2.05, 4.69) is 20.8 Å². The van der Waals surface area contributed by atoms with Gasteiger partial charge in [-0.15, -0.1) is 10.2 Å². The molecule has 1 amide bonds. The second kappa shape index (κ2) is 9.99. The van der Waals surface area contributed by atoms with E-state index in [1.165, 1.54) is 35.2 Å². The number of halogens is 3. The van der Waals surface area contributed by atoms with Gasteiger partial charge in [0, 0.05) is 10.6 Å². The highest BCUT2D eigenvalue weighted by molar-refractivity contribution is 8.02. The highest BCUT2D eigenvalue weighted by Gasteiger charge is 2.18. The van der Waals surface area contributed by atoms with Gasteiger partial charge in [0.2, 0.25) is 11.0 Å². The zero-order valence-corrected chi connectivity index (χ0v) is 17.4. The first-order chi connectivity index (χ1) is 13.9. The smallest absolute Gasteiger partial charge is 0.288 e. The average molecular weight is 457 g/mol. The number of nitrogens with zero attached hydrogens (tertiary/aromatic N) is 2. The predicted octanol–water partition coefficient (Wildman–Crippen LogP) is 5.85. The minimum Gasteiger partial charge on any atom is -0.330 e. The minimum atomic E-state index is -2.46. The number of alkyl halides is 2. The van der Waals surface area contributed by atoms with Gasteiger partial charge in [-0.2, -0.15) is 8.78 Å². The van der Waals surface area contributed by atoms with Gasteiger partial charge >= 0.3 is 0 Å². The molecule has 3 aromatic rings. The van der Waals surface area contributed by atoms with Crippen molar-refractivity contribution < 1.29 is 18.0 Å². The molecule has 1 atom stereocenters.